The molecule has 2 N–H and O–H groups in total. The third-order valence-electron chi connectivity index (χ3n) is 3.86. The van der Waals surface area contributed by atoms with Gasteiger partial charge in [0.2, 0.25) is 11.8 Å². The topological polar surface area (TPSA) is 70.7 Å². The summed E-state index contributed by atoms with van der Waals surface area (Å²) < 4.78 is 5.67. The third kappa shape index (κ3) is 7.38. The molecule has 2 rings (SSSR count). The number of anilines is 2. The summed E-state index contributed by atoms with van der Waals surface area (Å²) in [5.41, 5.74) is 1.34. The molecule has 0 aliphatic carbocycles. The summed E-state index contributed by atoms with van der Waals surface area (Å²) >= 11 is 12.0. The summed E-state index contributed by atoms with van der Waals surface area (Å²) in [5, 5.41) is 6.56. The van der Waals surface area contributed by atoms with Gasteiger partial charge >= 0.3 is 0 Å². The van der Waals surface area contributed by atoms with Gasteiger partial charge in [-0.3, -0.25) is 14.5 Å². The van der Waals surface area contributed by atoms with Crippen LogP contribution in [0, 0.1) is 0 Å². The van der Waals surface area contributed by atoms with E-state index < -0.39 is 0 Å². The van der Waals surface area contributed by atoms with Gasteiger partial charge in [-0.15, -0.1) is 0 Å². The number of carbonyl (C=O) groups is 2. The number of carbonyl (C=O) groups excluding carboxylic acids is 2. The van der Waals surface area contributed by atoms with Gasteiger partial charge in [0.1, 0.15) is 12.4 Å². The van der Waals surface area contributed by atoms with Gasteiger partial charge < -0.3 is 15.4 Å². The number of rotatable bonds is 9. The van der Waals surface area contributed by atoms with Crippen LogP contribution in [0.1, 0.15) is 13.8 Å². The van der Waals surface area contributed by atoms with E-state index in [1.165, 1.54) is 6.92 Å². The Labute approximate surface area is 174 Å². The highest BCUT2D eigenvalue weighted by molar-refractivity contribution is 6.34. The number of halogens is 2. The molecule has 0 saturated heterocycles. The van der Waals surface area contributed by atoms with E-state index in [-0.39, 0.29) is 18.4 Å². The molecule has 0 bridgehead atoms. The molecule has 6 nitrogen and oxygen atoms in total. The van der Waals surface area contributed by atoms with Gasteiger partial charge in [-0.1, -0.05) is 30.1 Å². The molecule has 0 fully saturated rings. The fourth-order valence-corrected chi connectivity index (χ4v) is 2.80. The number of benzene rings is 2. The Bertz CT molecular complexity index is 813. The maximum atomic E-state index is 12.3. The maximum Gasteiger partial charge on any atom is 0.238 e. The number of nitrogens with one attached hydrogen (secondary N) is 2. The largest absolute Gasteiger partial charge is 0.491 e. The van der Waals surface area contributed by atoms with E-state index in [0.717, 1.165) is 0 Å². The Hall–Kier alpha value is -2.28. The molecule has 0 unspecified atom stereocenters. The van der Waals surface area contributed by atoms with Gasteiger partial charge in [-0.2, -0.15) is 0 Å². The molecular weight excluding hydrogens is 401 g/mol. The third-order valence-corrected chi connectivity index (χ3v) is 4.41. The van der Waals surface area contributed by atoms with Crippen molar-refractivity contribution in [3.05, 3.63) is 52.5 Å². The fourth-order valence-electron chi connectivity index (χ4n) is 2.47. The summed E-state index contributed by atoms with van der Waals surface area (Å²) in [6.45, 7) is 5.29. The van der Waals surface area contributed by atoms with Crippen LogP contribution in [-0.2, 0) is 9.59 Å². The van der Waals surface area contributed by atoms with Crippen LogP contribution in [0.5, 0.6) is 5.75 Å². The number of ether oxygens (including phenoxy) is 1. The molecule has 0 atom stereocenters. The van der Waals surface area contributed by atoms with Crippen molar-refractivity contribution in [1.82, 2.24) is 4.90 Å². The molecule has 2 aromatic carbocycles. The first-order valence-corrected chi connectivity index (χ1v) is 9.60. The Morgan fingerprint density at radius 3 is 2.29 bits per heavy atom. The molecular formula is C20H23Cl2N3O3. The van der Waals surface area contributed by atoms with E-state index in [2.05, 4.69) is 10.6 Å². The second-order valence-corrected chi connectivity index (χ2v) is 6.94. The van der Waals surface area contributed by atoms with E-state index in [1.54, 1.807) is 42.5 Å². The zero-order valence-electron chi connectivity index (χ0n) is 15.8. The van der Waals surface area contributed by atoms with Crippen LogP contribution in [0.3, 0.4) is 0 Å². The summed E-state index contributed by atoms with van der Waals surface area (Å²) in [4.78, 5) is 25.3. The van der Waals surface area contributed by atoms with Crippen LogP contribution in [0.15, 0.2) is 42.5 Å². The number of hydrogen-bond acceptors (Lipinski definition) is 4. The number of nitrogens with zero attached hydrogens (tertiary/aromatic N) is 1. The minimum atomic E-state index is -0.142. The van der Waals surface area contributed by atoms with Gasteiger partial charge in [0, 0.05) is 35.9 Å². The standard InChI is InChI=1S/C20H23Cl2N3O3/c1-3-25(10-11-28-19-12-15(21)4-9-18(19)22)13-20(27)24-17-7-5-16(6-8-17)23-14(2)26/h4-9,12H,3,10-11,13H2,1-2H3,(H,23,26)(H,24,27). The summed E-state index contributed by atoms with van der Waals surface area (Å²) in [6.07, 6.45) is 0. The van der Waals surface area contributed by atoms with Crippen LogP contribution in [0.4, 0.5) is 11.4 Å². The highest BCUT2D eigenvalue weighted by Crippen LogP contribution is 2.27. The zero-order valence-corrected chi connectivity index (χ0v) is 17.3. The van der Waals surface area contributed by atoms with E-state index in [9.17, 15) is 9.59 Å². The minimum Gasteiger partial charge on any atom is -0.491 e. The average Bonchev–Trinajstić information content (AvgIpc) is 2.64. The molecule has 150 valence electrons. The zero-order chi connectivity index (χ0) is 20.5. The Kier molecular flexibility index (Phi) is 8.57. The lowest BCUT2D eigenvalue weighted by molar-refractivity contribution is -0.117. The van der Waals surface area contributed by atoms with E-state index in [4.69, 9.17) is 27.9 Å². The Morgan fingerprint density at radius 2 is 1.68 bits per heavy atom. The molecule has 0 radical (unpaired) electrons. The van der Waals surface area contributed by atoms with Crippen LogP contribution in [0.2, 0.25) is 10.0 Å². The summed E-state index contributed by atoms with van der Waals surface area (Å²) in [5.74, 6) is 0.250. The fraction of sp³-hybridized carbons (Fsp3) is 0.300. The number of hydrogen-bond donors (Lipinski definition) is 2. The molecule has 0 heterocycles. The molecule has 2 aromatic rings. The second-order valence-electron chi connectivity index (χ2n) is 6.10. The van der Waals surface area contributed by atoms with Crippen LogP contribution < -0.4 is 15.4 Å². The summed E-state index contributed by atoms with van der Waals surface area (Å²) in [7, 11) is 0. The predicted molar refractivity (Wildman–Crippen MR) is 113 cm³/mol. The van der Waals surface area contributed by atoms with Crippen molar-refractivity contribution >= 4 is 46.4 Å². The highest BCUT2D eigenvalue weighted by atomic mass is 35.5. The lowest BCUT2D eigenvalue weighted by Gasteiger charge is -2.20. The predicted octanol–water partition coefficient (Wildman–Crippen LogP) is 4.29. The Morgan fingerprint density at radius 1 is 1.04 bits per heavy atom. The van der Waals surface area contributed by atoms with Crippen molar-refractivity contribution in [3.8, 4) is 5.75 Å². The van der Waals surface area contributed by atoms with Gasteiger partial charge in [0.05, 0.1) is 11.6 Å². The second kappa shape index (κ2) is 10.9. The first-order chi connectivity index (χ1) is 13.4. The molecule has 28 heavy (non-hydrogen) atoms. The van der Waals surface area contributed by atoms with Crippen molar-refractivity contribution in [1.29, 1.82) is 0 Å². The quantitative estimate of drug-likeness (QED) is 0.630. The first kappa shape index (κ1) is 22.0. The smallest absolute Gasteiger partial charge is 0.238 e. The normalized spacial score (nSPS) is 10.6. The van der Waals surface area contributed by atoms with Crippen molar-refractivity contribution in [2.75, 3.05) is 36.9 Å². The highest BCUT2D eigenvalue weighted by Gasteiger charge is 2.10. The molecule has 2 amide bonds. The van der Waals surface area contributed by atoms with Crippen LogP contribution in [0.25, 0.3) is 0 Å². The average molecular weight is 424 g/mol. The molecule has 8 heteroatoms. The molecule has 0 saturated carbocycles. The Balaban J connectivity index is 1.80. The lowest BCUT2D eigenvalue weighted by Crippen LogP contribution is -2.35. The van der Waals surface area contributed by atoms with Gasteiger partial charge in [0.15, 0.2) is 0 Å². The van der Waals surface area contributed by atoms with Gasteiger partial charge in [-0.25, -0.2) is 0 Å². The SMILES string of the molecule is CCN(CCOc1cc(Cl)ccc1Cl)CC(=O)Nc1ccc(NC(C)=O)cc1. The molecule has 0 aromatic heterocycles. The van der Waals surface area contributed by atoms with Crippen molar-refractivity contribution in [3.63, 3.8) is 0 Å². The molecule has 0 aliphatic heterocycles. The maximum absolute atomic E-state index is 12.3. The number of amides is 2. The van der Waals surface area contributed by atoms with Crippen LogP contribution >= 0.6 is 23.2 Å². The van der Waals surface area contributed by atoms with E-state index >= 15 is 0 Å². The molecule has 0 spiro atoms. The van der Waals surface area contributed by atoms with Crippen LogP contribution in [-0.4, -0.2) is 43.0 Å². The van der Waals surface area contributed by atoms with Gasteiger partial charge in [-0.05, 0) is 42.9 Å². The first-order valence-electron chi connectivity index (χ1n) is 8.85. The number of likely N-dealkylation sites (N-methyl/N-ethyl adjacent to an activating group) is 1. The monoisotopic (exact) mass is 423 g/mol. The minimum absolute atomic E-state index is 0.130. The van der Waals surface area contributed by atoms with Crippen molar-refractivity contribution < 1.29 is 14.3 Å². The van der Waals surface area contributed by atoms with Crippen molar-refractivity contribution in [2.45, 2.75) is 13.8 Å². The van der Waals surface area contributed by atoms with E-state index in [0.29, 0.717) is 46.9 Å². The summed E-state index contributed by atoms with van der Waals surface area (Å²) in [6, 6.07) is 12.0. The van der Waals surface area contributed by atoms with E-state index in [1.807, 2.05) is 11.8 Å². The van der Waals surface area contributed by atoms with Gasteiger partial charge in [0.25, 0.3) is 0 Å². The molecule has 0 aliphatic rings. The lowest BCUT2D eigenvalue weighted by atomic mass is 10.2. The van der Waals surface area contributed by atoms with Crippen molar-refractivity contribution in [2.24, 2.45) is 0 Å².